The van der Waals surface area contributed by atoms with Crippen molar-refractivity contribution in [2.24, 2.45) is 11.7 Å². The van der Waals surface area contributed by atoms with Gasteiger partial charge in [-0.15, -0.1) is 0 Å². The SMILES string of the molecule is CC(C#N)CN(C)c1ccc([C@H](C)N)cn1. The minimum atomic E-state index is -0.0000846. The lowest BCUT2D eigenvalue weighted by Crippen LogP contribution is -2.24. The Morgan fingerprint density at radius 2 is 2.19 bits per heavy atom. The predicted octanol–water partition coefficient (Wildman–Crippen LogP) is 1.70. The molecule has 0 aliphatic rings. The van der Waals surface area contributed by atoms with Gasteiger partial charge in [-0.1, -0.05) is 6.07 Å². The third-order valence-electron chi connectivity index (χ3n) is 2.46. The van der Waals surface area contributed by atoms with Crippen LogP contribution >= 0.6 is 0 Å². The normalized spacial score (nSPS) is 13.9. The first-order valence-corrected chi connectivity index (χ1v) is 5.37. The van der Waals surface area contributed by atoms with Crippen molar-refractivity contribution >= 4 is 5.82 Å². The average Bonchev–Trinajstić information content (AvgIpc) is 2.28. The first-order chi connectivity index (χ1) is 7.54. The minimum Gasteiger partial charge on any atom is -0.358 e. The highest BCUT2D eigenvalue weighted by molar-refractivity contribution is 5.39. The van der Waals surface area contributed by atoms with Crippen LogP contribution in [-0.4, -0.2) is 18.6 Å². The van der Waals surface area contributed by atoms with Crippen LogP contribution < -0.4 is 10.6 Å². The molecule has 4 heteroatoms. The lowest BCUT2D eigenvalue weighted by atomic mass is 10.1. The van der Waals surface area contributed by atoms with Crippen molar-refractivity contribution in [3.8, 4) is 6.07 Å². The number of hydrogen-bond acceptors (Lipinski definition) is 4. The van der Waals surface area contributed by atoms with E-state index in [1.165, 1.54) is 0 Å². The van der Waals surface area contributed by atoms with Crippen LogP contribution in [0.5, 0.6) is 0 Å². The summed E-state index contributed by atoms with van der Waals surface area (Å²) in [7, 11) is 1.93. The van der Waals surface area contributed by atoms with Gasteiger partial charge >= 0.3 is 0 Å². The number of anilines is 1. The Morgan fingerprint density at radius 1 is 1.50 bits per heavy atom. The van der Waals surface area contributed by atoms with E-state index in [-0.39, 0.29) is 12.0 Å². The largest absolute Gasteiger partial charge is 0.358 e. The second kappa shape index (κ2) is 5.47. The summed E-state index contributed by atoms with van der Waals surface area (Å²) in [5.74, 6) is 0.867. The molecule has 86 valence electrons. The maximum Gasteiger partial charge on any atom is 0.128 e. The Balaban J connectivity index is 2.71. The van der Waals surface area contributed by atoms with E-state index in [1.807, 2.05) is 37.9 Å². The zero-order valence-electron chi connectivity index (χ0n) is 10.0. The van der Waals surface area contributed by atoms with E-state index in [9.17, 15) is 0 Å². The van der Waals surface area contributed by atoms with Crippen molar-refractivity contribution in [2.75, 3.05) is 18.5 Å². The van der Waals surface area contributed by atoms with Gasteiger partial charge in [0.1, 0.15) is 5.82 Å². The molecule has 1 aromatic rings. The van der Waals surface area contributed by atoms with Gasteiger partial charge in [0, 0.05) is 25.8 Å². The van der Waals surface area contributed by atoms with Gasteiger partial charge in [0.05, 0.1) is 12.0 Å². The van der Waals surface area contributed by atoms with Gasteiger partial charge in [0.25, 0.3) is 0 Å². The summed E-state index contributed by atoms with van der Waals surface area (Å²) >= 11 is 0. The third-order valence-corrected chi connectivity index (χ3v) is 2.46. The lowest BCUT2D eigenvalue weighted by molar-refractivity contribution is 0.709. The van der Waals surface area contributed by atoms with E-state index < -0.39 is 0 Å². The lowest BCUT2D eigenvalue weighted by Gasteiger charge is -2.19. The molecule has 0 fully saturated rings. The number of nitrogens with zero attached hydrogens (tertiary/aromatic N) is 3. The molecule has 0 amide bonds. The molecule has 0 radical (unpaired) electrons. The molecule has 2 N–H and O–H groups in total. The fourth-order valence-electron chi connectivity index (χ4n) is 1.44. The number of nitriles is 1. The Bertz CT molecular complexity index is 364. The highest BCUT2D eigenvalue weighted by atomic mass is 15.2. The van der Waals surface area contributed by atoms with E-state index in [2.05, 4.69) is 11.1 Å². The zero-order chi connectivity index (χ0) is 12.1. The van der Waals surface area contributed by atoms with Crippen LogP contribution in [0.2, 0.25) is 0 Å². The number of rotatable bonds is 4. The molecule has 0 aliphatic carbocycles. The quantitative estimate of drug-likeness (QED) is 0.835. The molecule has 1 heterocycles. The smallest absolute Gasteiger partial charge is 0.128 e. The number of pyridine rings is 1. The molecule has 0 bridgehead atoms. The van der Waals surface area contributed by atoms with Crippen molar-refractivity contribution in [2.45, 2.75) is 19.9 Å². The second-order valence-corrected chi connectivity index (χ2v) is 4.15. The van der Waals surface area contributed by atoms with E-state index in [0.29, 0.717) is 6.54 Å². The van der Waals surface area contributed by atoms with Gasteiger partial charge in [0.2, 0.25) is 0 Å². The molecule has 1 unspecified atom stereocenters. The van der Waals surface area contributed by atoms with Crippen LogP contribution in [0.15, 0.2) is 18.3 Å². The standard InChI is InChI=1S/C12H18N4/c1-9(6-13)8-16(3)12-5-4-11(7-15-12)10(2)14/h4-5,7,9-10H,8,14H2,1-3H3/t9?,10-/m0/s1. The first kappa shape index (κ1) is 12.5. The van der Waals surface area contributed by atoms with Crippen molar-refractivity contribution in [3.05, 3.63) is 23.9 Å². The molecule has 1 aromatic heterocycles. The van der Waals surface area contributed by atoms with Gasteiger partial charge in [-0.3, -0.25) is 0 Å². The summed E-state index contributed by atoms with van der Waals surface area (Å²) in [5, 5.41) is 8.73. The maximum atomic E-state index is 8.73. The summed E-state index contributed by atoms with van der Waals surface area (Å²) in [6.45, 7) is 4.51. The van der Waals surface area contributed by atoms with E-state index in [1.54, 1.807) is 6.20 Å². The molecule has 0 aromatic carbocycles. The van der Waals surface area contributed by atoms with Crippen LogP contribution in [0.1, 0.15) is 25.5 Å². The van der Waals surface area contributed by atoms with E-state index >= 15 is 0 Å². The van der Waals surface area contributed by atoms with Crippen molar-refractivity contribution < 1.29 is 0 Å². The Morgan fingerprint density at radius 3 is 2.62 bits per heavy atom. The highest BCUT2D eigenvalue weighted by Crippen LogP contribution is 2.14. The summed E-state index contributed by atoms with van der Waals surface area (Å²) in [4.78, 5) is 6.29. The number of nitrogens with two attached hydrogens (primary N) is 1. The molecule has 4 nitrogen and oxygen atoms in total. The summed E-state index contributed by atoms with van der Waals surface area (Å²) in [6.07, 6.45) is 1.79. The van der Waals surface area contributed by atoms with Crippen LogP contribution in [0.3, 0.4) is 0 Å². The molecule has 2 atom stereocenters. The van der Waals surface area contributed by atoms with Crippen LogP contribution in [0.4, 0.5) is 5.82 Å². The predicted molar refractivity (Wildman–Crippen MR) is 64.9 cm³/mol. The van der Waals surface area contributed by atoms with E-state index in [4.69, 9.17) is 11.0 Å². The van der Waals surface area contributed by atoms with Crippen molar-refractivity contribution in [1.82, 2.24) is 4.98 Å². The second-order valence-electron chi connectivity index (χ2n) is 4.15. The number of hydrogen-bond donors (Lipinski definition) is 1. The molecule has 1 rings (SSSR count). The molecule has 0 saturated heterocycles. The summed E-state index contributed by atoms with van der Waals surface area (Å²) in [6, 6.07) is 6.12. The van der Waals surface area contributed by atoms with Gasteiger partial charge in [0.15, 0.2) is 0 Å². The zero-order valence-corrected chi connectivity index (χ0v) is 10.0. The third kappa shape index (κ3) is 3.21. The van der Waals surface area contributed by atoms with Gasteiger partial charge in [-0.05, 0) is 25.5 Å². The Kier molecular flexibility index (Phi) is 4.27. The summed E-state index contributed by atoms with van der Waals surface area (Å²) in [5.41, 5.74) is 6.76. The molecule has 0 aliphatic heterocycles. The Labute approximate surface area is 96.7 Å². The topological polar surface area (TPSA) is 65.9 Å². The average molecular weight is 218 g/mol. The van der Waals surface area contributed by atoms with Crippen LogP contribution in [0.25, 0.3) is 0 Å². The van der Waals surface area contributed by atoms with Crippen LogP contribution in [-0.2, 0) is 0 Å². The minimum absolute atomic E-state index is 0.0000846. The molecular formula is C12H18N4. The monoisotopic (exact) mass is 218 g/mol. The molecular weight excluding hydrogens is 200 g/mol. The van der Waals surface area contributed by atoms with E-state index in [0.717, 1.165) is 11.4 Å². The molecule has 16 heavy (non-hydrogen) atoms. The van der Waals surface area contributed by atoms with Gasteiger partial charge in [-0.25, -0.2) is 4.98 Å². The molecule has 0 saturated carbocycles. The maximum absolute atomic E-state index is 8.73. The summed E-state index contributed by atoms with van der Waals surface area (Å²) < 4.78 is 0. The fraction of sp³-hybridized carbons (Fsp3) is 0.500. The Hall–Kier alpha value is -1.60. The van der Waals surface area contributed by atoms with Gasteiger partial charge in [-0.2, -0.15) is 5.26 Å². The van der Waals surface area contributed by atoms with Crippen molar-refractivity contribution in [1.29, 1.82) is 5.26 Å². The number of aromatic nitrogens is 1. The highest BCUT2D eigenvalue weighted by Gasteiger charge is 2.07. The van der Waals surface area contributed by atoms with Gasteiger partial charge < -0.3 is 10.6 Å². The fourth-order valence-corrected chi connectivity index (χ4v) is 1.44. The first-order valence-electron chi connectivity index (χ1n) is 5.37. The molecule has 0 spiro atoms. The van der Waals surface area contributed by atoms with Crippen LogP contribution in [0, 0.1) is 17.2 Å². The van der Waals surface area contributed by atoms with Crippen molar-refractivity contribution in [3.63, 3.8) is 0 Å².